The Labute approximate surface area is 200 Å². The van der Waals surface area contributed by atoms with Gasteiger partial charge < -0.3 is 30.2 Å². The van der Waals surface area contributed by atoms with Crippen molar-refractivity contribution in [1.82, 2.24) is 10.6 Å². The van der Waals surface area contributed by atoms with Gasteiger partial charge in [0.25, 0.3) is 0 Å². The van der Waals surface area contributed by atoms with Gasteiger partial charge in [-0.3, -0.25) is 4.79 Å². The first-order valence-electron chi connectivity index (χ1n) is 9.79. The molecule has 3 N–H and O–H groups in total. The first-order chi connectivity index (χ1) is 14.5. The van der Waals surface area contributed by atoms with E-state index in [0.717, 1.165) is 12.1 Å². The van der Waals surface area contributed by atoms with E-state index in [1.807, 2.05) is 43.3 Å². The van der Waals surface area contributed by atoms with Crippen LogP contribution in [0.1, 0.15) is 19.4 Å². The fourth-order valence-corrected chi connectivity index (χ4v) is 2.70. The zero-order chi connectivity index (χ0) is 21.8. The average molecular weight is 542 g/mol. The summed E-state index contributed by atoms with van der Waals surface area (Å²) in [4.78, 5) is 15.8. The Kier molecular flexibility index (Phi) is 12.2. The van der Waals surface area contributed by atoms with Gasteiger partial charge in [0.05, 0.1) is 27.3 Å². The lowest BCUT2D eigenvalue weighted by atomic mass is 10.2. The Hall–Kier alpha value is -2.69. The maximum Gasteiger partial charge on any atom is 0.221 e. The molecule has 0 heterocycles. The summed E-state index contributed by atoms with van der Waals surface area (Å²) in [5.41, 5.74) is 1.72. The minimum atomic E-state index is -0.116. The monoisotopic (exact) mass is 542 g/mol. The van der Waals surface area contributed by atoms with Gasteiger partial charge in [-0.25, -0.2) is 4.99 Å². The van der Waals surface area contributed by atoms with Gasteiger partial charge in [-0.05, 0) is 36.8 Å². The van der Waals surface area contributed by atoms with Crippen LogP contribution in [-0.2, 0) is 11.3 Å². The maximum absolute atomic E-state index is 11.2. The molecule has 8 nitrogen and oxygen atoms in total. The minimum Gasteiger partial charge on any atom is -0.493 e. The van der Waals surface area contributed by atoms with Crippen LogP contribution in [0.25, 0.3) is 0 Å². The van der Waals surface area contributed by atoms with E-state index in [0.29, 0.717) is 48.6 Å². The maximum atomic E-state index is 11.2. The molecule has 0 unspecified atom stereocenters. The fourth-order valence-electron chi connectivity index (χ4n) is 2.70. The van der Waals surface area contributed by atoms with Gasteiger partial charge in [0, 0.05) is 25.2 Å². The molecule has 0 aliphatic carbocycles. The van der Waals surface area contributed by atoms with E-state index in [9.17, 15) is 4.79 Å². The molecule has 2 aromatic carbocycles. The van der Waals surface area contributed by atoms with Crippen LogP contribution in [-0.4, -0.2) is 45.8 Å². The molecular formula is C22H31IN4O4. The van der Waals surface area contributed by atoms with Crippen molar-refractivity contribution in [3.63, 3.8) is 0 Å². The normalized spacial score (nSPS) is 10.5. The van der Waals surface area contributed by atoms with Crippen molar-refractivity contribution in [2.75, 3.05) is 39.2 Å². The van der Waals surface area contributed by atoms with Crippen molar-refractivity contribution in [3.05, 3.63) is 48.0 Å². The number of hydrogen-bond acceptors (Lipinski definition) is 5. The van der Waals surface area contributed by atoms with Crippen LogP contribution in [0.2, 0.25) is 0 Å². The van der Waals surface area contributed by atoms with E-state index in [4.69, 9.17) is 14.2 Å². The van der Waals surface area contributed by atoms with Crippen LogP contribution in [0.3, 0.4) is 0 Å². The third kappa shape index (κ3) is 9.33. The highest BCUT2D eigenvalue weighted by atomic mass is 127. The first kappa shape index (κ1) is 26.3. The van der Waals surface area contributed by atoms with Crippen molar-refractivity contribution < 1.29 is 19.0 Å². The second-order valence-electron chi connectivity index (χ2n) is 6.37. The molecule has 0 atom stereocenters. The van der Waals surface area contributed by atoms with Crippen molar-refractivity contribution in [2.45, 2.75) is 20.4 Å². The average Bonchev–Trinajstić information content (AvgIpc) is 2.74. The number of benzene rings is 2. The first-order valence-corrected chi connectivity index (χ1v) is 9.79. The standard InChI is InChI=1S/C22H30N4O4.HI/c1-5-23-22(25-15-17-9-10-20(28-3)21(13-17)29-4)24-11-12-30-19-8-6-7-18(14-19)26-16(2)27;/h6-10,13-14H,5,11-12,15H2,1-4H3,(H,26,27)(H2,23,24,25);1H. The summed E-state index contributed by atoms with van der Waals surface area (Å²) in [6.45, 7) is 5.75. The zero-order valence-electron chi connectivity index (χ0n) is 18.4. The third-order valence-corrected chi connectivity index (χ3v) is 4.03. The number of nitrogens with one attached hydrogen (secondary N) is 3. The Morgan fingerprint density at radius 3 is 2.48 bits per heavy atom. The number of nitrogens with zero attached hydrogens (tertiary/aromatic N) is 1. The molecule has 0 radical (unpaired) electrons. The number of hydrogen-bond donors (Lipinski definition) is 3. The molecule has 170 valence electrons. The van der Waals surface area contributed by atoms with Crippen LogP contribution in [0.5, 0.6) is 17.2 Å². The lowest BCUT2D eigenvalue weighted by Gasteiger charge is -2.13. The predicted octanol–water partition coefficient (Wildman–Crippen LogP) is 3.41. The zero-order valence-corrected chi connectivity index (χ0v) is 20.7. The second kappa shape index (κ2) is 14.3. The number of methoxy groups -OCH3 is 2. The smallest absolute Gasteiger partial charge is 0.221 e. The summed E-state index contributed by atoms with van der Waals surface area (Å²) in [7, 11) is 3.23. The van der Waals surface area contributed by atoms with Crippen LogP contribution < -0.4 is 30.2 Å². The third-order valence-electron chi connectivity index (χ3n) is 4.03. The largest absolute Gasteiger partial charge is 0.493 e. The Balaban J connectivity index is 0.00000480. The Bertz CT molecular complexity index is 861. The van der Waals surface area contributed by atoms with Crippen molar-refractivity contribution >= 4 is 41.5 Å². The van der Waals surface area contributed by atoms with Gasteiger partial charge >= 0.3 is 0 Å². The summed E-state index contributed by atoms with van der Waals surface area (Å²) in [6.07, 6.45) is 0. The molecule has 0 spiro atoms. The Morgan fingerprint density at radius 1 is 1.03 bits per heavy atom. The van der Waals surface area contributed by atoms with Crippen LogP contribution >= 0.6 is 24.0 Å². The van der Waals surface area contributed by atoms with E-state index < -0.39 is 0 Å². The molecule has 0 aliphatic rings. The van der Waals surface area contributed by atoms with Crippen LogP contribution in [0.4, 0.5) is 5.69 Å². The fraction of sp³-hybridized carbons (Fsp3) is 0.364. The van der Waals surface area contributed by atoms with Crippen LogP contribution in [0.15, 0.2) is 47.5 Å². The van der Waals surface area contributed by atoms with Gasteiger partial charge in [-0.1, -0.05) is 12.1 Å². The molecule has 1 amide bonds. The van der Waals surface area contributed by atoms with E-state index in [1.54, 1.807) is 20.3 Å². The highest BCUT2D eigenvalue weighted by Gasteiger charge is 2.05. The molecule has 2 rings (SSSR count). The molecule has 0 aromatic heterocycles. The highest BCUT2D eigenvalue weighted by Crippen LogP contribution is 2.27. The topological polar surface area (TPSA) is 93.2 Å². The van der Waals surface area contributed by atoms with Crippen molar-refractivity contribution in [2.24, 2.45) is 4.99 Å². The summed E-state index contributed by atoms with van der Waals surface area (Å²) in [6, 6.07) is 13.0. The predicted molar refractivity (Wildman–Crippen MR) is 134 cm³/mol. The minimum absolute atomic E-state index is 0. The summed E-state index contributed by atoms with van der Waals surface area (Å²) >= 11 is 0. The molecule has 31 heavy (non-hydrogen) atoms. The number of carbonyl (C=O) groups is 1. The SMILES string of the molecule is CCNC(=NCc1ccc(OC)c(OC)c1)NCCOc1cccc(NC(C)=O)c1.I. The van der Waals surface area contributed by atoms with Crippen molar-refractivity contribution in [3.8, 4) is 17.2 Å². The summed E-state index contributed by atoms with van der Waals surface area (Å²) in [5.74, 6) is 2.64. The quantitative estimate of drug-likeness (QED) is 0.185. The Morgan fingerprint density at radius 2 is 1.81 bits per heavy atom. The molecule has 0 bridgehead atoms. The van der Waals surface area contributed by atoms with Gasteiger partial charge in [0.1, 0.15) is 12.4 Å². The van der Waals surface area contributed by atoms with Gasteiger partial charge in [0.2, 0.25) is 5.91 Å². The van der Waals surface area contributed by atoms with Crippen LogP contribution in [0, 0.1) is 0 Å². The van der Waals surface area contributed by atoms with Gasteiger partial charge in [0.15, 0.2) is 17.5 Å². The molecular weight excluding hydrogens is 511 g/mol. The lowest BCUT2D eigenvalue weighted by molar-refractivity contribution is -0.114. The summed E-state index contributed by atoms with van der Waals surface area (Å²) in [5, 5.41) is 9.20. The molecule has 0 saturated heterocycles. The van der Waals surface area contributed by atoms with E-state index in [1.165, 1.54) is 6.92 Å². The molecule has 0 fully saturated rings. The number of rotatable bonds is 10. The van der Waals surface area contributed by atoms with Gasteiger partial charge in [-0.2, -0.15) is 0 Å². The number of amides is 1. The molecule has 0 aliphatic heterocycles. The van der Waals surface area contributed by atoms with E-state index in [2.05, 4.69) is 20.9 Å². The molecule has 2 aromatic rings. The molecule has 9 heteroatoms. The molecule has 0 saturated carbocycles. The second-order valence-corrected chi connectivity index (χ2v) is 6.37. The lowest BCUT2D eigenvalue weighted by Crippen LogP contribution is -2.39. The summed E-state index contributed by atoms with van der Waals surface area (Å²) < 4.78 is 16.3. The number of ether oxygens (including phenoxy) is 3. The van der Waals surface area contributed by atoms with E-state index >= 15 is 0 Å². The highest BCUT2D eigenvalue weighted by molar-refractivity contribution is 14.0. The number of halogens is 1. The number of aliphatic imine (C=N–C) groups is 1. The number of anilines is 1. The van der Waals surface area contributed by atoms with Gasteiger partial charge in [-0.15, -0.1) is 24.0 Å². The number of guanidine groups is 1. The van der Waals surface area contributed by atoms with E-state index in [-0.39, 0.29) is 29.9 Å². The van der Waals surface area contributed by atoms with Crippen molar-refractivity contribution in [1.29, 1.82) is 0 Å². The number of carbonyl (C=O) groups excluding carboxylic acids is 1.